The van der Waals surface area contributed by atoms with E-state index in [-0.39, 0.29) is 17.7 Å². The summed E-state index contributed by atoms with van der Waals surface area (Å²) in [5, 5.41) is 0. The fraction of sp³-hybridized carbons (Fsp3) is 0.667. The quantitative estimate of drug-likeness (QED) is 0.641. The zero-order chi connectivity index (χ0) is 22.7. The van der Waals surface area contributed by atoms with Gasteiger partial charge in [0.15, 0.2) is 5.82 Å². The SMILES string of the molecule is CCN1CCc2ncc(-n3cc(C)n(C4CCC(CCC(=O)OC)CC4)c3=O)nc2CC1. The summed E-state index contributed by atoms with van der Waals surface area (Å²) in [5.41, 5.74) is 3.00. The van der Waals surface area contributed by atoms with E-state index in [2.05, 4.69) is 16.8 Å². The number of rotatable bonds is 6. The fourth-order valence-corrected chi connectivity index (χ4v) is 5.22. The third kappa shape index (κ3) is 4.80. The van der Waals surface area contributed by atoms with Crippen LogP contribution in [0.2, 0.25) is 0 Å². The van der Waals surface area contributed by atoms with Crippen LogP contribution in [0.1, 0.15) is 68.6 Å². The van der Waals surface area contributed by atoms with Gasteiger partial charge in [-0.25, -0.2) is 14.3 Å². The molecule has 0 atom stereocenters. The third-order valence-corrected chi connectivity index (χ3v) is 7.22. The van der Waals surface area contributed by atoms with Crippen LogP contribution in [0.4, 0.5) is 0 Å². The van der Waals surface area contributed by atoms with Gasteiger partial charge in [0, 0.05) is 50.3 Å². The summed E-state index contributed by atoms with van der Waals surface area (Å²) in [6.45, 7) is 7.20. The summed E-state index contributed by atoms with van der Waals surface area (Å²) in [4.78, 5) is 36.7. The zero-order valence-corrected chi connectivity index (χ0v) is 19.5. The molecule has 1 fully saturated rings. The Morgan fingerprint density at radius 3 is 2.56 bits per heavy atom. The van der Waals surface area contributed by atoms with Crippen molar-refractivity contribution in [2.45, 2.75) is 71.3 Å². The van der Waals surface area contributed by atoms with Crippen molar-refractivity contribution < 1.29 is 9.53 Å². The summed E-state index contributed by atoms with van der Waals surface area (Å²) in [6.07, 6.45) is 10.8. The molecule has 0 amide bonds. The highest BCUT2D eigenvalue weighted by molar-refractivity contribution is 5.69. The van der Waals surface area contributed by atoms with Crippen LogP contribution in [-0.2, 0) is 22.4 Å². The van der Waals surface area contributed by atoms with Crippen LogP contribution in [0.25, 0.3) is 5.82 Å². The second-order valence-electron chi connectivity index (χ2n) is 9.14. The number of methoxy groups -OCH3 is 1. The molecule has 0 radical (unpaired) electrons. The number of imidazole rings is 1. The van der Waals surface area contributed by atoms with Gasteiger partial charge in [-0.15, -0.1) is 0 Å². The van der Waals surface area contributed by atoms with Crippen molar-refractivity contribution in [2.24, 2.45) is 5.92 Å². The summed E-state index contributed by atoms with van der Waals surface area (Å²) in [7, 11) is 1.44. The molecule has 0 spiro atoms. The molecule has 0 aromatic carbocycles. The predicted molar refractivity (Wildman–Crippen MR) is 122 cm³/mol. The van der Waals surface area contributed by atoms with Gasteiger partial charge in [0.05, 0.1) is 24.7 Å². The minimum atomic E-state index is -0.138. The van der Waals surface area contributed by atoms with Crippen LogP contribution in [0, 0.1) is 12.8 Å². The van der Waals surface area contributed by atoms with Crippen molar-refractivity contribution in [3.05, 3.63) is 40.0 Å². The maximum atomic E-state index is 13.3. The molecule has 4 rings (SSSR count). The first-order valence-electron chi connectivity index (χ1n) is 11.9. The van der Waals surface area contributed by atoms with Crippen molar-refractivity contribution in [2.75, 3.05) is 26.7 Å². The molecule has 0 unspecified atom stereocenters. The normalized spacial score (nSPS) is 21.7. The summed E-state index contributed by atoms with van der Waals surface area (Å²) in [6, 6.07) is 0.199. The number of carbonyl (C=O) groups excluding carboxylic acids is 1. The largest absolute Gasteiger partial charge is 0.469 e. The Hall–Kier alpha value is -2.48. The van der Waals surface area contributed by atoms with Crippen LogP contribution in [0.3, 0.4) is 0 Å². The average molecular weight is 442 g/mol. The Morgan fingerprint density at radius 2 is 1.88 bits per heavy atom. The Labute approximate surface area is 189 Å². The number of fused-ring (bicyclic) bond motifs is 1. The molecule has 174 valence electrons. The number of aryl methyl sites for hydroxylation is 1. The molecular weight excluding hydrogens is 406 g/mol. The molecule has 2 aromatic rings. The first-order chi connectivity index (χ1) is 15.5. The van der Waals surface area contributed by atoms with Crippen LogP contribution in [0.5, 0.6) is 0 Å². The lowest BCUT2D eigenvalue weighted by atomic mass is 9.83. The molecule has 2 aliphatic rings. The van der Waals surface area contributed by atoms with Gasteiger partial charge < -0.3 is 9.64 Å². The lowest BCUT2D eigenvalue weighted by molar-refractivity contribution is -0.141. The van der Waals surface area contributed by atoms with Gasteiger partial charge in [-0.05, 0) is 51.5 Å². The molecular formula is C24H35N5O3. The number of nitrogens with zero attached hydrogens (tertiary/aromatic N) is 5. The Balaban J connectivity index is 1.48. The van der Waals surface area contributed by atoms with Crippen molar-refractivity contribution in [3.8, 4) is 5.82 Å². The Bertz CT molecular complexity index is 1000. The number of aromatic nitrogens is 4. The van der Waals surface area contributed by atoms with Gasteiger partial charge in [-0.1, -0.05) is 6.92 Å². The molecule has 2 aromatic heterocycles. The van der Waals surface area contributed by atoms with E-state index >= 15 is 0 Å². The first kappa shape index (κ1) is 22.7. The van der Waals surface area contributed by atoms with Crippen LogP contribution in [-0.4, -0.2) is 56.7 Å². The highest BCUT2D eigenvalue weighted by atomic mass is 16.5. The second kappa shape index (κ2) is 9.98. The topological polar surface area (TPSA) is 82.3 Å². The zero-order valence-electron chi connectivity index (χ0n) is 19.5. The van der Waals surface area contributed by atoms with E-state index in [9.17, 15) is 9.59 Å². The molecule has 0 saturated heterocycles. The van der Waals surface area contributed by atoms with Crippen molar-refractivity contribution in [1.82, 2.24) is 24.0 Å². The summed E-state index contributed by atoms with van der Waals surface area (Å²) < 4.78 is 8.35. The summed E-state index contributed by atoms with van der Waals surface area (Å²) >= 11 is 0. The lowest BCUT2D eigenvalue weighted by Gasteiger charge is -2.29. The van der Waals surface area contributed by atoms with Gasteiger partial charge in [0.1, 0.15) is 0 Å². The Morgan fingerprint density at radius 1 is 1.16 bits per heavy atom. The highest BCUT2D eigenvalue weighted by Gasteiger charge is 2.26. The maximum Gasteiger partial charge on any atom is 0.334 e. The number of esters is 1. The van der Waals surface area contributed by atoms with Crippen molar-refractivity contribution in [1.29, 1.82) is 0 Å². The smallest absolute Gasteiger partial charge is 0.334 e. The molecule has 8 heteroatoms. The standard InChI is InChI=1S/C24H35N5O3/c1-4-27-13-11-20-21(12-14-27)26-22(15-25-20)28-16-17(2)29(24(28)31)19-8-5-18(6-9-19)7-10-23(30)32-3/h15-16,18-19H,4-14H2,1-3H3. The van der Waals surface area contributed by atoms with E-state index in [0.29, 0.717) is 18.2 Å². The van der Waals surface area contributed by atoms with Crippen LogP contribution < -0.4 is 5.69 Å². The third-order valence-electron chi connectivity index (χ3n) is 7.22. The minimum Gasteiger partial charge on any atom is -0.469 e. The predicted octanol–water partition coefficient (Wildman–Crippen LogP) is 2.84. The number of hydrogen-bond acceptors (Lipinski definition) is 6. The second-order valence-corrected chi connectivity index (χ2v) is 9.14. The van der Waals surface area contributed by atoms with E-state index in [4.69, 9.17) is 9.72 Å². The molecule has 0 N–H and O–H groups in total. The maximum absolute atomic E-state index is 13.3. The van der Waals surface area contributed by atoms with E-state index < -0.39 is 0 Å². The summed E-state index contributed by atoms with van der Waals surface area (Å²) in [5.74, 6) is 1.01. The number of carbonyl (C=O) groups is 1. The van der Waals surface area contributed by atoms with Crippen molar-refractivity contribution in [3.63, 3.8) is 0 Å². The first-order valence-corrected chi connectivity index (χ1v) is 11.9. The van der Waals surface area contributed by atoms with E-state index in [0.717, 1.165) is 81.7 Å². The van der Waals surface area contributed by atoms with Gasteiger partial charge in [0.2, 0.25) is 0 Å². The van der Waals surface area contributed by atoms with Crippen LogP contribution in [0.15, 0.2) is 17.2 Å². The highest BCUT2D eigenvalue weighted by Crippen LogP contribution is 2.34. The van der Waals surface area contributed by atoms with E-state index in [1.54, 1.807) is 10.8 Å². The number of ether oxygens (including phenoxy) is 1. The molecule has 1 aliphatic carbocycles. The molecule has 32 heavy (non-hydrogen) atoms. The van der Waals surface area contributed by atoms with Gasteiger partial charge >= 0.3 is 11.7 Å². The van der Waals surface area contributed by atoms with Crippen LogP contribution >= 0.6 is 0 Å². The molecule has 3 heterocycles. The molecule has 8 nitrogen and oxygen atoms in total. The Kier molecular flexibility index (Phi) is 7.08. The lowest BCUT2D eigenvalue weighted by Crippen LogP contribution is -2.30. The van der Waals surface area contributed by atoms with Gasteiger partial charge in [0.25, 0.3) is 0 Å². The fourth-order valence-electron chi connectivity index (χ4n) is 5.22. The van der Waals surface area contributed by atoms with Crippen molar-refractivity contribution >= 4 is 5.97 Å². The van der Waals surface area contributed by atoms with E-state index in [1.165, 1.54) is 7.11 Å². The average Bonchev–Trinajstić information content (AvgIpc) is 2.98. The van der Waals surface area contributed by atoms with Gasteiger partial charge in [-0.2, -0.15) is 0 Å². The molecule has 1 aliphatic heterocycles. The number of likely N-dealkylation sites (N-methyl/N-ethyl adjacent to an activating group) is 1. The molecule has 0 bridgehead atoms. The van der Waals surface area contributed by atoms with Gasteiger partial charge in [-0.3, -0.25) is 14.3 Å². The minimum absolute atomic E-state index is 0.0291. The monoisotopic (exact) mass is 441 g/mol. The number of hydrogen-bond donors (Lipinski definition) is 0. The van der Waals surface area contributed by atoms with E-state index in [1.807, 2.05) is 17.7 Å². The molecule has 1 saturated carbocycles.